The SMILES string of the molecule is O=C1C2CC=C3C(CC4C(=O)N(C5CCCCC5)C(=O)C4C3c3cccc(O)c3)C2C(=O)N1C1CCCCC1. The van der Waals surface area contributed by atoms with Gasteiger partial charge in [-0.1, -0.05) is 62.3 Å². The Kier molecular flexibility index (Phi) is 6.16. The van der Waals surface area contributed by atoms with E-state index in [2.05, 4.69) is 6.08 Å². The number of amides is 4. The predicted octanol–water partition coefficient (Wildman–Crippen LogP) is 4.69. The Morgan fingerprint density at radius 3 is 1.87 bits per heavy atom. The lowest BCUT2D eigenvalue weighted by Crippen LogP contribution is -2.44. The molecule has 0 spiro atoms. The molecule has 1 aromatic rings. The van der Waals surface area contributed by atoms with Crippen molar-refractivity contribution in [1.29, 1.82) is 0 Å². The molecule has 7 nitrogen and oxygen atoms in total. The second-order valence-corrected chi connectivity index (χ2v) is 12.8. The molecule has 0 radical (unpaired) electrons. The van der Waals surface area contributed by atoms with E-state index in [0.29, 0.717) is 12.8 Å². The van der Waals surface area contributed by atoms with Crippen LogP contribution in [0, 0.1) is 29.6 Å². The van der Waals surface area contributed by atoms with Gasteiger partial charge in [-0.05, 0) is 62.1 Å². The van der Waals surface area contributed by atoms with Crippen LogP contribution in [0.2, 0.25) is 0 Å². The molecular weight excluding hydrogens is 492 g/mol. The molecule has 206 valence electrons. The number of likely N-dealkylation sites (tertiary alicyclic amines) is 2. The van der Waals surface area contributed by atoms with Gasteiger partial charge in [-0.25, -0.2) is 0 Å². The summed E-state index contributed by atoms with van der Waals surface area (Å²) >= 11 is 0. The van der Waals surface area contributed by atoms with Gasteiger partial charge in [0.25, 0.3) is 0 Å². The molecule has 6 atom stereocenters. The van der Waals surface area contributed by atoms with Crippen LogP contribution >= 0.6 is 0 Å². The minimum atomic E-state index is -0.526. The molecule has 1 N–H and O–H groups in total. The Labute approximate surface area is 229 Å². The molecule has 6 unspecified atom stereocenters. The van der Waals surface area contributed by atoms with Crippen LogP contribution in [0.15, 0.2) is 35.9 Å². The summed E-state index contributed by atoms with van der Waals surface area (Å²) in [5.41, 5.74) is 1.83. The Bertz CT molecular complexity index is 1240. The number of hydrogen-bond donors (Lipinski definition) is 1. The van der Waals surface area contributed by atoms with Crippen molar-refractivity contribution in [3.05, 3.63) is 41.5 Å². The minimum Gasteiger partial charge on any atom is -0.508 e. The highest BCUT2D eigenvalue weighted by molar-refractivity contribution is 6.08. The third-order valence-corrected chi connectivity index (χ3v) is 10.8. The second-order valence-electron chi connectivity index (χ2n) is 12.8. The van der Waals surface area contributed by atoms with Crippen molar-refractivity contribution >= 4 is 23.6 Å². The number of benzene rings is 1. The Morgan fingerprint density at radius 1 is 0.667 bits per heavy atom. The van der Waals surface area contributed by atoms with Gasteiger partial charge in [-0.3, -0.25) is 29.0 Å². The second kappa shape index (κ2) is 9.60. The van der Waals surface area contributed by atoms with Gasteiger partial charge in [0.2, 0.25) is 23.6 Å². The summed E-state index contributed by atoms with van der Waals surface area (Å²) in [5, 5.41) is 10.4. The lowest BCUT2D eigenvalue weighted by molar-refractivity contribution is -0.145. The molecule has 7 heteroatoms. The zero-order valence-electron chi connectivity index (χ0n) is 22.5. The van der Waals surface area contributed by atoms with Crippen LogP contribution in [0.25, 0.3) is 0 Å². The molecule has 5 fully saturated rings. The zero-order valence-corrected chi connectivity index (χ0v) is 22.5. The standard InChI is InChI=1S/C32H38N2O5/c35-21-13-7-8-18(16-21)26-22-14-15-23-27(31(38)33(29(23)36)19-9-3-1-4-10-19)24(22)17-25-28(26)32(39)34(30(25)37)20-11-5-2-6-12-20/h7-8,13-14,16,19-20,23-28,35H,1-6,9-12,15,17H2. The maximum Gasteiger partial charge on any atom is 0.234 e. The summed E-state index contributed by atoms with van der Waals surface area (Å²) in [6.07, 6.45) is 12.9. The van der Waals surface area contributed by atoms with Gasteiger partial charge in [0.05, 0.1) is 23.7 Å². The topological polar surface area (TPSA) is 95.0 Å². The Balaban J connectivity index is 1.28. The lowest BCUT2D eigenvalue weighted by atomic mass is 9.57. The maximum absolute atomic E-state index is 14.1. The van der Waals surface area contributed by atoms with Crippen LogP contribution in [0.5, 0.6) is 5.75 Å². The first-order valence-corrected chi connectivity index (χ1v) is 15.2. The number of allylic oxidation sites excluding steroid dienone is 2. The summed E-state index contributed by atoms with van der Waals surface area (Å²) in [5.74, 6) is -2.67. The molecule has 4 amide bonds. The lowest BCUT2D eigenvalue weighted by Gasteiger charge is -2.44. The highest BCUT2D eigenvalue weighted by Gasteiger charge is 2.63. The molecule has 3 saturated carbocycles. The van der Waals surface area contributed by atoms with Crippen molar-refractivity contribution in [2.24, 2.45) is 29.6 Å². The van der Waals surface area contributed by atoms with Crippen LogP contribution < -0.4 is 0 Å². The molecule has 39 heavy (non-hydrogen) atoms. The van der Waals surface area contributed by atoms with Gasteiger partial charge in [-0.2, -0.15) is 0 Å². The Hall–Kier alpha value is -2.96. The van der Waals surface area contributed by atoms with Crippen molar-refractivity contribution in [2.75, 3.05) is 0 Å². The number of nitrogens with zero attached hydrogens (tertiary/aromatic N) is 2. The molecule has 0 bridgehead atoms. The van der Waals surface area contributed by atoms with E-state index in [0.717, 1.165) is 75.3 Å². The number of imide groups is 2. The van der Waals surface area contributed by atoms with Crippen molar-refractivity contribution in [2.45, 2.75) is 95.1 Å². The first-order chi connectivity index (χ1) is 19.0. The van der Waals surface area contributed by atoms with Crippen LogP contribution in [-0.4, -0.2) is 50.6 Å². The largest absolute Gasteiger partial charge is 0.508 e. The third kappa shape index (κ3) is 3.82. The molecule has 6 aliphatic rings. The van der Waals surface area contributed by atoms with E-state index < -0.39 is 17.8 Å². The smallest absolute Gasteiger partial charge is 0.234 e. The van der Waals surface area contributed by atoms with Gasteiger partial charge >= 0.3 is 0 Å². The number of phenols is 1. The molecule has 2 heterocycles. The third-order valence-electron chi connectivity index (χ3n) is 10.8. The summed E-state index contributed by atoms with van der Waals surface area (Å²) in [4.78, 5) is 58.9. The number of phenolic OH excluding ortho intramolecular Hbond substituents is 1. The highest BCUT2D eigenvalue weighted by Crippen LogP contribution is 2.58. The maximum atomic E-state index is 14.1. The van der Waals surface area contributed by atoms with Gasteiger partial charge in [0, 0.05) is 18.0 Å². The van der Waals surface area contributed by atoms with E-state index in [1.54, 1.807) is 28.0 Å². The van der Waals surface area contributed by atoms with E-state index in [9.17, 15) is 24.3 Å². The van der Waals surface area contributed by atoms with Gasteiger partial charge in [0.1, 0.15) is 5.75 Å². The zero-order chi connectivity index (χ0) is 26.8. The highest BCUT2D eigenvalue weighted by atomic mass is 16.3. The summed E-state index contributed by atoms with van der Waals surface area (Å²) < 4.78 is 0. The number of fused-ring (bicyclic) bond motifs is 4. The fraction of sp³-hybridized carbons (Fsp3) is 0.625. The van der Waals surface area contributed by atoms with E-state index >= 15 is 0 Å². The Morgan fingerprint density at radius 2 is 1.26 bits per heavy atom. The molecule has 7 rings (SSSR count). The molecule has 4 aliphatic carbocycles. The van der Waals surface area contributed by atoms with E-state index in [1.807, 2.05) is 6.07 Å². The van der Waals surface area contributed by atoms with E-state index in [1.165, 1.54) is 0 Å². The number of carbonyl (C=O) groups excluding carboxylic acids is 4. The first-order valence-electron chi connectivity index (χ1n) is 15.2. The summed E-state index contributed by atoms with van der Waals surface area (Å²) in [6, 6.07) is 6.97. The number of hydrogen-bond acceptors (Lipinski definition) is 5. The fourth-order valence-corrected chi connectivity index (χ4v) is 9.13. The summed E-state index contributed by atoms with van der Waals surface area (Å²) in [6.45, 7) is 0. The van der Waals surface area contributed by atoms with Crippen molar-refractivity contribution in [3.8, 4) is 5.75 Å². The monoisotopic (exact) mass is 530 g/mol. The van der Waals surface area contributed by atoms with Gasteiger partial charge < -0.3 is 5.11 Å². The van der Waals surface area contributed by atoms with Crippen molar-refractivity contribution < 1.29 is 24.3 Å². The van der Waals surface area contributed by atoms with Crippen LogP contribution in [0.3, 0.4) is 0 Å². The molecule has 2 aliphatic heterocycles. The van der Waals surface area contributed by atoms with Crippen LogP contribution in [-0.2, 0) is 19.2 Å². The van der Waals surface area contributed by atoms with E-state index in [4.69, 9.17) is 0 Å². The predicted molar refractivity (Wildman–Crippen MR) is 143 cm³/mol. The number of aromatic hydroxyl groups is 1. The molecular formula is C32H38N2O5. The van der Waals surface area contributed by atoms with Gasteiger partial charge in [0.15, 0.2) is 0 Å². The first kappa shape index (κ1) is 25.0. The average molecular weight is 531 g/mol. The molecule has 0 aromatic heterocycles. The average Bonchev–Trinajstić information content (AvgIpc) is 3.36. The van der Waals surface area contributed by atoms with Gasteiger partial charge in [-0.15, -0.1) is 0 Å². The molecule has 2 saturated heterocycles. The quantitative estimate of drug-likeness (QED) is 0.452. The van der Waals surface area contributed by atoms with Crippen LogP contribution in [0.1, 0.15) is 88.5 Å². The normalized spacial score (nSPS) is 35.6. The number of carbonyl (C=O) groups is 4. The summed E-state index contributed by atoms with van der Waals surface area (Å²) in [7, 11) is 0. The van der Waals surface area contributed by atoms with Crippen molar-refractivity contribution in [1.82, 2.24) is 9.80 Å². The molecule has 1 aromatic carbocycles. The minimum absolute atomic E-state index is 0.0116. The van der Waals surface area contributed by atoms with E-state index in [-0.39, 0.29) is 59.2 Å². The fourth-order valence-electron chi connectivity index (χ4n) is 9.13. The number of rotatable bonds is 3. The van der Waals surface area contributed by atoms with Crippen molar-refractivity contribution in [3.63, 3.8) is 0 Å². The van der Waals surface area contributed by atoms with Crippen LogP contribution in [0.4, 0.5) is 0 Å².